The molecule has 7 nitrogen and oxygen atoms in total. The van der Waals surface area contributed by atoms with Crippen LogP contribution in [-0.2, 0) is 0 Å². The number of phenolic OH excluding ortho intramolecular Hbond substituents is 1. The fraction of sp³-hybridized carbons (Fsp3) is 0.409. The number of H-pyrrole nitrogens is 1. The van der Waals surface area contributed by atoms with Gasteiger partial charge in [-0.3, -0.25) is 10.1 Å². The Kier molecular flexibility index (Phi) is 4.86. The van der Waals surface area contributed by atoms with Crippen LogP contribution in [0, 0.1) is 0 Å². The van der Waals surface area contributed by atoms with Gasteiger partial charge < -0.3 is 15.3 Å². The van der Waals surface area contributed by atoms with E-state index < -0.39 is 6.17 Å². The van der Waals surface area contributed by atoms with Crippen molar-refractivity contribution >= 4 is 5.82 Å². The predicted octanol–water partition coefficient (Wildman–Crippen LogP) is 3.30. The summed E-state index contributed by atoms with van der Waals surface area (Å²) in [6, 6.07) is 7.32. The van der Waals surface area contributed by atoms with Gasteiger partial charge in [0.1, 0.15) is 17.7 Å². The van der Waals surface area contributed by atoms with Gasteiger partial charge in [0.25, 0.3) is 0 Å². The highest BCUT2D eigenvalue weighted by molar-refractivity contribution is 5.72. The van der Waals surface area contributed by atoms with Gasteiger partial charge in [0.2, 0.25) is 0 Å². The third-order valence-corrected chi connectivity index (χ3v) is 6.38. The van der Waals surface area contributed by atoms with Gasteiger partial charge in [-0.15, -0.1) is 0 Å². The van der Waals surface area contributed by atoms with Crippen molar-refractivity contribution in [2.24, 2.45) is 0 Å². The lowest BCUT2D eigenvalue weighted by Crippen LogP contribution is -2.61. The molecule has 2 aliphatic rings. The van der Waals surface area contributed by atoms with Crippen LogP contribution in [-0.4, -0.2) is 56.6 Å². The molecule has 8 heteroatoms. The Labute approximate surface area is 174 Å². The number of aromatic amines is 1. The SMILES string of the molecule is CN(c1cnc(-c2ccc(-c3ccn[nH]3)cc2O)cn1)[C@H]1C[C@@H]2CCCC(N2)[C@H]1F. The fourth-order valence-electron chi connectivity index (χ4n) is 4.70. The van der Waals surface area contributed by atoms with Gasteiger partial charge in [-0.1, -0.05) is 12.5 Å². The van der Waals surface area contributed by atoms with E-state index in [2.05, 4.69) is 25.5 Å². The topological polar surface area (TPSA) is 90.0 Å². The van der Waals surface area contributed by atoms with Crippen molar-refractivity contribution in [3.05, 3.63) is 42.9 Å². The molecule has 0 saturated carbocycles. The van der Waals surface area contributed by atoms with Gasteiger partial charge in [-0.2, -0.15) is 5.10 Å². The second-order valence-corrected chi connectivity index (χ2v) is 8.22. The lowest BCUT2D eigenvalue weighted by atomic mass is 9.82. The number of fused-ring (bicyclic) bond motifs is 2. The Hall–Kier alpha value is -3.00. The number of phenols is 1. The van der Waals surface area contributed by atoms with Crippen LogP contribution >= 0.6 is 0 Å². The molecule has 2 aromatic heterocycles. The number of alkyl halides is 1. The Bertz CT molecular complexity index is 1010. The lowest BCUT2D eigenvalue weighted by Gasteiger charge is -2.46. The molecule has 3 aromatic rings. The van der Waals surface area contributed by atoms with Gasteiger partial charge in [-0.25, -0.2) is 9.37 Å². The normalized spacial score (nSPS) is 25.8. The third-order valence-electron chi connectivity index (χ3n) is 6.38. The number of hydrogen-bond acceptors (Lipinski definition) is 6. The van der Waals surface area contributed by atoms with Crippen molar-refractivity contribution in [2.45, 2.75) is 50.0 Å². The number of hydrogen-bond donors (Lipinski definition) is 3. The lowest BCUT2D eigenvalue weighted by molar-refractivity contribution is 0.107. The first-order chi connectivity index (χ1) is 14.6. The maximum atomic E-state index is 15.0. The van der Waals surface area contributed by atoms with Gasteiger partial charge in [0.15, 0.2) is 0 Å². The molecule has 2 aliphatic heterocycles. The zero-order valence-corrected chi connectivity index (χ0v) is 16.8. The molecule has 4 heterocycles. The quantitative estimate of drug-likeness (QED) is 0.614. The van der Waals surface area contributed by atoms with Crippen LogP contribution in [0.5, 0.6) is 5.75 Å². The summed E-state index contributed by atoms with van der Waals surface area (Å²) in [7, 11) is 1.89. The van der Waals surface area contributed by atoms with E-state index in [4.69, 9.17) is 0 Å². The fourth-order valence-corrected chi connectivity index (χ4v) is 4.70. The number of nitrogens with one attached hydrogen (secondary N) is 2. The molecule has 1 unspecified atom stereocenters. The van der Waals surface area contributed by atoms with E-state index >= 15 is 4.39 Å². The van der Waals surface area contributed by atoms with E-state index in [1.165, 1.54) is 0 Å². The van der Waals surface area contributed by atoms with Crippen molar-refractivity contribution in [1.29, 1.82) is 0 Å². The van der Waals surface area contributed by atoms with Crippen molar-refractivity contribution in [1.82, 2.24) is 25.5 Å². The minimum absolute atomic E-state index is 0.0671. The molecule has 156 valence electrons. The third kappa shape index (κ3) is 3.41. The van der Waals surface area contributed by atoms with Crippen LogP contribution in [0.15, 0.2) is 42.9 Å². The number of nitrogens with zero attached hydrogens (tertiary/aromatic N) is 4. The summed E-state index contributed by atoms with van der Waals surface area (Å²) in [6.45, 7) is 0. The average molecular weight is 408 g/mol. The van der Waals surface area contributed by atoms with Gasteiger partial charge in [0, 0.05) is 36.5 Å². The Balaban J connectivity index is 1.35. The molecule has 0 amide bonds. The highest BCUT2D eigenvalue weighted by Gasteiger charge is 2.41. The average Bonchev–Trinajstić information content (AvgIpc) is 3.31. The molecule has 30 heavy (non-hydrogen) atoms. The van der Waals surface area contributed by atoms with Gasteiger partial charge in [0.05, 0.1) is 29.8 Å². The molecule has 0 radical (unpaired) electrons. The summed E-state index contributed by atoms with van der Waals surface area (Å²) in [5, 5.41) is 20.7. The first kappa shape index (κ1) is 19.0. The molecule has 2 bridgehead atoms. The predicted molar refractivity (Wildman–Crippen MR) is 113 cm³/mol. The number of aromatic hydroxyl groups is 1. The Morgan fingerprint density at radius 3 is 2.80 bits per heavy atom. The maximum Gasteiger partial charge on any atom is 0.147 e. The number of rotatable bonds is 4. The van der Waals surface area contributed by atoms with Crippen molar-refractivity contribution in [2.75, 3.05) is 11.9 Å². The molecule has 5 rings (SSSR count). The highest BCUT2D eigenvalue weighted by Crippen LogP contribution is 2.34. The molecular formula is C22H25FN6O. The summed E-state index contributed by atoms with van der Waals surface area (Å²) in [5.41, 5.74) is 2.83. The van der Waals surface area contributed by atoms with E-state index in [9.17, 15) is 5.11 Å². The van der Waals surface area contributed by atoms with E-state index in [1.807, 2.05) is 30.1 Å². The highest BCUT2D eigenvalue weighted by atomic mass is 19.1. The van der Waals surface area contributed by atoms with Gasteiger partial charge in [-0.05, 0) is 37.5 Å². The zero-order chi connectivity index (χ0) is 20.7. The molecule has 2 saturated heterocycles. The molecule has 0 spiro atoms. The minimum Gasteiger partial charge on any atom is -0.507 e. The second-order valence-electron chi connectivity index (χ2n) is 8.22. The first-order valence-electron chi connectivity index (χ1n) is 10.4. The van der Waals surface area contributed by atoms with E-state index in [-0.39, 0.29) is 17.8 Å². The standard InChI is InChI=1S/C22H25FN6O/c1-29(19-10-14-3-2-4-17(27-14)22(19)23)21-12-24-18(11-25-21)15-6-5-13(9-20(15)30)16-7-8-26-28-16/h5-9,11-12,14,17,19,22,27,30H,2-4,10H2,1H3,(H,26,28)/t14-,17?,19-,22+/m0/s1. The molecule has 4 atom stereocenters. The van der Waals surface area contributed by atoms with Crippen LogP contribution in [0.25, 0.3) is 22.5 Å². The van der Waals surface area contributed by atoms with Crippen LogP contribution in [0.4, 0.5) is 10.2 Å². The number of halogens is 1. The van der Waals surface area contributed by atoms with Gasteiger partial charge >= 0.3 is 0 Å². The first-order valence-corrected chi connectivity index (χ1v) is 10.4. The van der Waals surface area contributed by atoms with Crippen LogP contribution in [0.3, 0.4) is 0 Å². The molecule has 2 fully saturated rings. The number of benzene rings is 1. The van der Waals surface area contributed by atoms with E-state index in [0.717, 1.165) is 36.9 Å². The summed E-state index contributed by atoms with van der Waals surface area (Å²) in [4.78, 5) is 10.9. The van der Waals surface area contributed by atoms with Crippen LogP contribution in [0.2, 0.25) is 0 Å². The minimum atomic E-state index is -0.924. The van der Waals surface area contributed by atoms with Crippen LogP contribution in [0.1, 0.15) is 25.7 Å². The molecule has 1 aromatic carbocycles. The smallest absolute Gasteiger partial charge is 0.147 e. The summed E-state index contributed by atoms with van der Waals surface area (Å²) < 4.78 is 15.0. The number of anilines is 1. The molecular weight excluding hydrogens is 383 g/mol. The molecule has 0 aliphatic carbocycles. The Morgan fingerprint density at radius 2 is 2.07 bits per heavy atom. The Morgan fingerprint density at radius 1 is 1.17 bits per heavy atom. The number of aromatic nitrogens is 4. The van der Waals surface area contributed by atoms with Crippen molar-refractivity contribution in [3.63, 3.8) is 0 Å². The maximum absolute atomic E-state index is 15.0. The van der Waals surface area contributed by atoms with Crippen LogP contribution < -0.4 is 10.2 Å². The molecule has 3 N–H and O–H groups in total. The summed E-state index contributed by atoms with van der Waals surface area (Å²) in [5.74, 6) is 0.757. The second kappa shape index (κ2) is 7.68. The largest absolute Gasteiger partial charge is 0.507 e. The van der Waals surface area contributed by atoms with E-state index in [1.54, 1.807) is 24.7 Å². The monoisotopic (exact) mass is 408 g/mol. The summed E-state index contributed by atoms with van der Waals surface area (Å²) >= 11 is 0. The number of piperidine rings is 2. The zero-order valence-electron chi connectivity index (χ0n) is 16.8. The van der Waals surface area contributed by atoms with Crippen molar-refractivity contribution < 1.29 is 9.50 Å². The van der Waals surface area contributed by atoms with E-state index in [0.29, 0.717) is 23.1 Å². The van der Waals surface area contributed by atoms with Crippen molar-refractivity contribution in [3.8, 4) is 28.3 Å². The summed E-state index contributed by atoms with van der Waals surface area (Å²) in [6.07, 6.45) is 7.88.